The molecule has 0 radical (unpaired) electrons. The van der Waals surface area contributed by atoms with Gasteiger partial charge >= 0.3 is 12.3 Å². The van der Waals surface area contributed by atoms with Crippen LogP contribution in [0.4, 0.5) is 22.4 Å². The zero-order valence-corrected chi connectivity index (χ0v) is 22.0. The first-order valence-corrected chi connectivity index (χ1v) is 12.8. The van der Waals surface area contributed by atoms with Gasteiger partial charge in [-0.05, 0) is 57.7 Å². The normalized spacial score (nSPS) is 24.3. The van der Waals surface area contributed by atoms with Crippen molar-refractivity contribution in [3.8, 4) is 0 Å². The summed E-state index contributed by atoms with van der Waals surface area (Å²) in [7, 11) is 0. The van der Waals surface area contributed by atoms with E-state index in [1.165, 1.54) is 12.1 Å². The van der Waals surface area contributed by atoms with Gasteiger partial charge in [-0.2, -0.15) is 13.2 Å². The molecular formula is C26H32F4N4O5. The fourth-order valence-electron chi connectivity index (χ4n) is 5.54. The van der Waals surface area contributed by atoms with Crippen LogP contribution in [-0.2, 0) is 25.7 Å². The lowest BCUT2D eigenvalue weighted by atomic mass is 10.1. The molecule has 3 fully saturated rings. The number of hydrogen-bond acceptors (Lipinski definition) is 6. The number of carbonyl (C=O) groups excluding carboxylic acids is 4. The first-order chi connectivity index (χ1) is 18.1. The van der Waals surface area contributed by atoms with E-state index in [-0.39, 0.29) is 44.4 Å². The Morgan fingerprint density at radius 2 is 1.90 bits per heavy atom. The molecule has 3 amide bonds. The molecule has 0 aliphatic carbocycles. The molecule has 13 heteroatoms. The van der Waals surface area contributed by atoms with Gasteiger partial charge in [0.15, 0.2) is 0 Å². The number of nitrogens with zero attached hydrogens (tertiary/aromatic N) is 3. The Morgan fingerprint density at radius 1 is 1.18 bits per heavy atom. The number of carbonyl (C=O) groups is 4. The molecule has 3 saturated heterocycles. The molecule has 2 unspecified atom stereocenters. The van der Waals surface area contributed by atoms with Gasteiger partial charge in [-0.25, -0.2) is 9.18 Å². The highest BCUT2D eigenvalue weighted by Gasteiger charge is 2.52. The Kier molecular flexibility index (Phi) is 7.93. The standard InChI is InChI=1S/C26H32F4N4O5/c1-25(2,3)39-24(38)31-18(22(36)33-9-5-8-19(33)21(35)26(28,29)30)14-32-13-17-11-20(32)23(37)34(17)12-15-6-4-7-16(27)10-15/h4,6-7,10,17-20H,5,8-9,11-14H2,1-3H3,(H,31,38)/t17-,18+,19?,20?/m1/s1. The van der Waals surface area contributed by atoms with Crippen LogP contribution in [0.5, 0.6) is 0 Å². The number of alkyl halides is 3. The lowest BCUT2D eigenvalue weighted by Crippen LogP contribution is -2.59. The van der Waals surface area contributed by atoms with Crippen LogP contribution in [-0.4, -0.2) is 94.0 Å². The fourth-order valence-corrected chi connectivity index (χ4v) is 5.54. The molecule has 2 bridgehead atoms. The number of nitrogens with one attached hydrogen (secondary N) is 1. The Hall–Kier alpha value is -3.22. The van der Waals surface area contributed by atoms with Crippen LogP contribution >= 0.6 is 0 Å². The van der Waals surface area contributed by atoms with Gasteiger partial charge < -0.3 is 19.9 Å². The maximum atomic E-state index is 13.6. The Labute approximate surface area is 223 Å². The lowest BCUT2D eigenvalue weighted by molar-refractivity contribution is -0.177. The van der Waals surface area contributed by atoms with Crippen molar-refractivity contribution < 1.29 is 41.5 Å². The van der Waals surface area contributed by atoms with E-state index >= 15 is 0 Å². The second-order valence-corrected chi connectivity index (χ2v) is 11.2. The van der Waals surface area contributed by atoms with Crippen molar-refractivity contribution in [2.75, 3.05) is 19.6 Å². The number of rotatable bonds is 7. The van der Waals surface area contributed by atoms with E-state index in [2.05, 4.69) is 5.32 Å². The van der Waals surface area contributed by atoms with E-state index in [4.69, 9.17) is 4.74 Å². The third-order valence-electron chi connectivity index (χ3n) is 7.16. The van der Waals surface area contributed by atoms with Crippen molar-refractivity contribution in [1.82, 2.24) is 20.0 Å². The second-order valence-electron chi connectivity index (χ2n) is 11.2. The number of amides is 3. The summed E-state index contributed by atoms with van der Waals surface area (Å²) in [5, 5.41) is 2.45. The van der Waals surface area contributed by atoms with Crippen molar-refractivity contribution in [2.24, 2.45) is 0 Å². The molecule has 1 aromatic rings. The average molecular weight is 557 g/mol. The molecule has 3 heterocycles. The van der Waals surface area contributed by atoms with Crippen LogP contribution in [0.15, 0.2) is 24.3 Å². The minimum atomic E-state index is -5.10. The van der Waals surface area contributed by atoms with E-state index in [9.17, 15) is 36.7 Å². The second kappa shape index (κ2) is 10.7. The third-order valence-corrected chi connectivity index (χ3v) is 7.16. The number of ketones is 1. The zero-order chi connectivity index (χ0) is 28.7. The summed E-state index contributed by atoms with van der Waals surface area (Å²) in [5.74, 6) is -3.48. The van der Waals surface area contributed by atoms with Crippen LogP contribution < -0.4 is 5.32 Å². The minimum Gasteiger partial charge on any atom is -0.444 e. The maximum absolute atomic E-state index is 13.6. The van der Waals surface area contributed by atoms with E-state index in [0.717, 1.165) is 4.90 Å². The zero-order valence-electron chi connectivity index (χ0n) is 22.0. The quantitative estimate of drug-likeness (QED) is 0.519. The number of Topliss-reactive ketones (excluding diaryl/α,β-unsaturated/α-hetero) is 1. The fraction of sp³-hybridized carbons (Fsp3) is 0.615. The summed E-state index contributed by atoms with van der Waals surface area (Å²) < 4.78 is 58.4. The van der Waals surface area contributed by atoms with Crippen molar-refractivity contribution in [1.29, 1.82) is 0 Å². The molecule has 3 aliphatic rings. The van der Waals surface area contributed by atoms with E-state index in [1.807, 2.05) is 0 Å². The first kappa shape index (κ1) is 28.8. The molecule has 0 aromatic heterocycles. The molecule has 1 N–H and O–H groups in total. The highest BCUT2D eigenvalue weighted by Crippen LogP contribution is 2.34. The third kappa shape index (κ3) is 6.51. The summed E-state index contributed by atoms with van der Waals surface area (Å²) in [6.45, 7) is 5.22. The topological polar surface area (TPSA) is 99.3 Å². The summed E-state index contributed by atoms with van der Waals surface area (Å²) in [6.07, 6.45) is -5.51. The molecule has 1 aromatic carbocycles. The molecule has 4 atom stereocenters. The number of alkyl carbamates (subject to hydrolysis) is 1. The van der Waals surface area contributed by atoms with Gasteiger partial charge in [0.2, 0.25) is 11.8 Å². The average Bonchev–Trinajstić information content (AvgIpc) is 3.52. The van der Waals surface area contributed by atoms with Crippen LogP contribution in [0.3, 0.4) is 0 Å². The van der Waals surface area contributed by atoms with Gasteiger partial charge in [-0.15, -0.1) is 0 Å². The number of halogens is 4. The van der Waals surface area contributed by atoms with Gasteiger partial charge in [-0.3, -0.25) is 19.3 Å². The summed E-state index contributed by atoms with van der Waals surface area (Å²) in [6, 6.07) is 2.11. The summed E-state index contributed by atoms with van der Waals surface area (Å²) >= 11 is 0. The van der Waals surface area contributed by atoms with Gasteiger partial charge in [0.25, 0.3) is 5.78 Å². The first-order valence-electron chi connectivity index (χ1n) is 12.8. The van der Waals surface area contributed by atoms with Gasteiger partial charge in [-0.1, -0.05) is 12.1 Å². The number of ether oxygens (including phenoxy) is 1. The molecule has 214 valence electrons. The number of piperazine rings is 1. The molecule has 3 aliphatic heterocycles. The van der Waals surface area contributed by atoms with Crippen LogP contribution in [0.25, 0.3) is 0 Å². The molecule has 0 saturated carbocycles. The number of hydrogen-bond donors (Lipinski definition) is 1. The predicted molar refractivity (Wildman–Crippen MR) is 130 cm³/mol. The number of benzene rings is 1. The minimum absolute atomic E-state index is 0.0653. The van der Waals surface area contributed by atoms with Crippen LogP contribution in [0.2, 0.25) is 0 Å². The monoisotopic (exact) mass is 556 g/mol. The van der Waals surface area contributed by atoms with Crippen molar-refractivity contribution >= 4 is 23.7 Å². The molecule has 39 heavy (non-hydrogen) atoms. The van der Waals surface area contributed by atoms with Gasteiger partial charge in [0.05, 0.1) is 12.1 Å². The highest BCUT2D eigenvalue weighted by atomic mass is 19.4. The molecule has 4 rings (SSSR count). The molecule has 0 spiro atoms. The van der Waals surface area contributed by atoms with E-state index in [0.29, 0.717) is 18.5 Å². The van der Waals surface area contributed by atoms with E-state index in [1.54, 1.807) is 42.7 Å². The van der Waals surface area contributed by atoms with Gasteiger partial charge in [0.1, 0.15) is 17.5 Å². The van der Waals surface area contributed by atoms with Gasteiger partial charge in [0, 0.05) is 32.2 Å². The Bertz CT molecular complexity index is 1140. The van der Waals surface area contributed by atoms with Crippen LogP contribution in [0, 0.1) is 5.82 Å². The Morgan fingerprint density at radius 3 is 2.51 bits per heavy atom. The van der Waals surface area contributed by atoms with E-state index < -0.39 is 53.5 Å². The number of fused-ring (bicyclic) bond motifs is 2. The molecular weight excluding hydrogens is 524 g/mol. The maximum Gasteiger partial charge on any atom is 0.452 e. The van der Waals surface area contributed by atoms with Crippen LogP contribution in [0.1, 0.15) is 45.6 Å². The van der Waals surface area contributed by atoms with Crippen molar-refractivity contribution in [3.63, 3.8) is 0 Å². The summed E-state index contributed by atoms with van der Waals surface area (Å²) in [4.78, 5) is 55.4. The van der Waals surface area contributed by atoms with Crippen molar-refractivity contribution in [3.05, 3.63) is 35.6 Å². The summed E-state index contributed by atoms with van der Waals surface area (Å²) in [5.41, 5.74) is -0.267. The number of likely N-dealkylation sites (tertiary alicyclic amines) is 3. The highest BCUT2D eigenvalue weighted by molar-refractivity contribution is 5.95. The smallest absolute Gasteiger partial charge is 0.444 e. The predicted octanol–water partition coefficient (Wildman–Crippen LogP) is 2.63. The Balaban J connectivity index is 1.49. The SMILES string of the molecule is CC(C)(C)OC(=O)N[C@@H](CN1C[C@H]2CC1C(=O)N2Cc1cccc(F)c1)C(=O)N1CCCC1C(=O)C(F)(F)F. The molecule has 9 nitrogen and oxygen atoms in total. The lowest BCUT2D eigenvalue weighted by Gasteiger charge is -2.37. The van der Waals surface area contributed by atoms with Crippen molar-refractivity contribution in [2.45, 2.75) is 82.5 Å². The largest absolute Gasteiger partial charge is 0.452 e.